The maximum Gasteiger partial charge on any atom is 0.236 e. The molecule has 0 aromatic rings. The van der Waals surface area contributed by atoms with Gasteiger partial charge in [0.15, 0.2) is 0 Å². The van der Waals surface area contributed by atoms with Gasteiger partial charge in [-0.3, -0.25) is 9.69 Å². The molecule has 1 atom stereocenters. The lowest BCUT2D eigenvalue weighted by Gasteiger charge is -2.27. The van der Waals surface area contributed by atoms with Crippen molar-refractivity contribution in [3.8, 4) is 0 Å². The van der Waals surface area contributed by atoms with Gasteiger partial charge in [0.2, 0.25) is 5.91 Å². The Kier molecular flexibility index (Phi) is 4.61. The summed E-state index contributed by atoms with van der Waals surface area (Å²) < 4.78 is 5.30. The molecule has 1 amide bonds. The van der Waals surface area contributed by atoms with E-state index in [4.69, 9.17) is 4.74 Å². The minimum atomic E-state index is 0.0656. The van der Waals surface area contributed by atoms with Crippen LogP contribution in [0.15, 0.2) is 0 Å². The second-order valence-electron chi connectivity index (χ2n) is 4.39. The Morgan fingerprint density at radius 3 is 2.62 bits per heavy atom. The average molecular weight is 291 g/mol. The molecule has 0 aromatic carbocycles. The molecular weight excluding hydrogens is 272 g/mol. The molecule has 0 radical (unpaired) electrons. The summed E-state index contributed by atoms with van der Waals surface area (Å²) >= 11 is 3.39. The molecule has 4 nitrogen and oxygen atoms in total. The Balaban J connectivity index is 1.62. The summed E-state index contributed by atoms with van der Waals surface area (Å²) in [6.07, 6.45) is 2.03. The summed E-state index contributed by atoms with van der Waals surface area (Å²) in [5.41, 5.74) is 0. The Morgan fingerprint density at radius 2 is 2.00 bits per heavy atom. The monoisotopic (exact) mass is 290 g/mol. The minimum Gasteiger partial charge on any atom is -0.379 e. The predicted octanol–water partition coefficient (Wildman–Crippen LogP) is 0.705. The number of morpholine rings is 1. The quantitative estimate of drug-likeness (QED) is 0.715. The fraction of sp³-hybridized carbons (Fsp3) is 0.909. The van der Waals surface area contributed by atoms with Gasteiger partial charge in [-0.1, -0.05) is 15.9 Å². The van der Waals surface area contributed by atoms with Crippen LogP contribution in [-0.2, 0) is 9.53 Å². The smallest absolute Gasteiger partial charge is 0.236 e. The summed E-state index contributed by atoms with van der Waals surface area (Å²) in [5, 5.41) is 0. The van der Waals surface area contributed by atoms with Crippen molar-refractivity contribution in [2.24, 2.45) is 0 Å². The van der Waals surface area contributed by atoms with Crippen LogP contribution in [0.5, 0.6) is 0 Å². The van der Waals surface area contributed by atoms with Gasteiger partial charge in [-0.2, -0.15) is 0 Å². The van der Waals surface area contributed by atoms with Gasteiger partial charge in [0.25, 0.3) is 0 Å². The van der Waals surface area contributed by atoms with E-state index >= 15 is 0 Å². The zero-order valence-electron chi connectivity index (χ0n) is 9.53. The summed E-state index contributed by atoms with van der Waals surface area (Å²) in [7, 11) is 0. The molecule has 0 aliphatic carbocycles. The number of alkyl halides is 1. The maximum absolute atomic E-state index is 11.6. The van der Waals surface area contributed by atoms with E-state index in [2.05, 4.69) is 20.8 Å². The van der Waals surface area contributed by atoms with E-state index in [1.807, 2.05) is 4.90 Å². The highest BCUT2D eigenvalue weighted by molar-refractivity contribution is 9.10. The lowest BCUT2D eigenvalue weighted by atomic mass is 10.3. The lowest BCUT2D eigenvalue weighted by Crippen LogP contribution is -2.38. The van der Waals surface area contributed by atoms with Gasteiger partial charge in [-0.05, 0) is 12.8 Å². The second-order valence-corrected chi connectivity index (χ2v) is 5.49. The van der Waals surface area contributed by atoms with Gasteiger partial charge in [0, 0.05) is 32.7 Å². The van der Waals surface area contributed by atoms with Crippen LogP contribution < -0.4 is 0 Å². The molecule has 1 unspecified atom stereocenters. The molecule has 92 valence electrons. The van der Waals surface area contributed by atoms with Crippen molar-refractivity contribution in [2.75, 3.05) is 45.9 Å². The fourth-order valence-corrected chi connectivity index (χ4v) is 2.73. The normalized spacial score (nSPS) is 27.7. The molecule has 2 rings (SSSR count). The average Bonchev–Trinajstić information content (AvgIpc) is 2.62. The van der Waals surface area contributed by atoms with E-state index < -0.39 is 0 Å². The molecule has 0 aromatic heterocycles. The van der Waals surface area contributed by atoms with Crippen LogP contribution in [0.1, 0.15) is 12.8 Å². The van der Waals surface area contributed by atoms with Gasteiger partial charge < -0.3 is 9.64 Å². The highest BCUT2D eigenvalue weighted by Gasteiger charge is 2.28. The predicted molar refractivity (Wildman–Crippen MR) is 65.8 cm³/mol. The number of ether oxygens (including phenoxy) is 1. The number of carbonyl (C=O) groups excluding carboxylic acids is 1. The molecule has 0 saturated carbocycles. The van der Waals surface area contributed by atoms with Crippen molar-refractivity contribution < 1.29 is 9.53 Å². The molecule has 5 heteroatoms. The molecule has 16 heavy (non-hydrogen) atoms. The Labute approximate surface area is 105 Å². The standard InChI is InChI=1S/C11H19BrN2O2/c12-10-2-5-14(11(10)15)4-1-3-13-6-8-16-9-7-13/h10H,1-9H2. The first-order chi connectivity index (χ1) is 7.77. The van der Waals surface area contributed by atoms with Crippen molar-refractivity contribution >= 4 is 21.8 Å². The summed E-state index contributed by atoms with van der Waals surface area (Å²) in [6, 6.07) is 0. The molecule has 2 aliphatic rings. The number of halogens is 1. The van der Waals surface area contributed by atoms with Crippen molar-refractivity contribution in [3.63, 3.8) is 0 Å². The Hall–Kier alpha value is -0.130. The zero-order valence-corrected chi connectivity index (χ0v) is 11.1. The summed E-state index contributed by atoms with van der Waals surface area (Å²) in [6.45, 7) is 6.68. The largest absolute Gasteiger partial charge is 0.379 e. The van der Waals surface area contributed by atoms with Crippen LogP contribution in [0.4, 0.5) is 0 Å². The topological polar surface area (TPSA) is 32.8 Å². The number of hydrogen-bond acceptors (Lipinski definition) is 3. The number of carbonyl (C=O) groups is 1. The van der Waals surface area contributed by atoms with E-state index in [9.17, 15) is 4.79 Å². The first-order valence-electron chi connectivity index (χ1n) is 6.00. The van der Waals surface area contributed by atoms with E-state index in [0.717, 1.165) is 58.8 Å². The van der Waals surface area contributed by atoms with E-state index in [-0.39, 0.29) is 10.7 Å². The van der Waals surface area contributed by atoms with Crippen LogP contribution in [0.3, 0.4) is 0 Å². The maximum atomic E-state index is 11.6. The number of nitrogens with zero attached hydrogens (tertiary/aromatic N) is 2. The molecule has 0 spiro atoms. The molecule has 2 heterocycles. The third-order valence-corrected chi connectivity index (χ3v) is 4.09. The van der Waals surface area contributed by atoms with E-state index in [0.29, 0.717) is 0 Å². The number of amides is 1. The first-order valence-corrected chi connectivity index (χ1v) is 6.92. The highest BCUT2D eigenvalue weighted by atomic mass is 79.9. The molecule has 0 N–H and O–H groups in total. The van der Waals surface area contributed by atoms with Gasteiger partial charge in [0.1, 0.15) is 0 Å². The number of likely N-dealkylation sites (tertiary alicyclic amines) is 1. The lowest BCUT2D eigenvalue weighted by molar-refractivity contribution is -0.127. The van der Waals surface area contributed by atoms with Gasteiger partial charge >= 0.3 is 0 Å². The number of hydrogen-bond donors (Lipinski definition) is 0. The van der Waals surface area contributed by atoms with Crippen LogP contribution in [-0.4, -0.2) is 66.5 Å². The van der Waals surface area contributed by atoms with E-state index in [1.165, 1.54) is 0 Å². The van der Waals surface area contributed by atoms with Gasteiger partial charge in [-0.25, -0.2) is 0 Å². The van der Waals surface area contributed by atoms with Crippen LogP contribution in [0.2, 0.25) is 0 Å². The third kappa shape index (κ3) is 3.18. The van der Waals surface area contributed by atoms with Crippen LogP contribution >= 0.6 is 15.9 Å². The van der Waals surface area contributed by atoms with Gasteiger partial charge in [0.05, 0.1) is 18.0 Å². The SMILES string of the molecule is O=C1C(Br)CCN1CCCN1CCOCC1. The van der Waals surface area contributed by atoms with Crippen LogP contribution in [0.25, 0.3) is 0 Å². The summed E-state index contributed by atoms with van der Waals surface area (Å²) in [5.74, 6) is 0.266. The highest BCUT2D eigenvalue weighted by Crippen LogP contribution is 2.18. The van der Waals surface area contributed by atoms with Crippen molar-refractivity contribution in [1.29, 1.82) is 0 Å². The zero-order chi connectivity index (χ0) is 11.4. The minimum absolute atomic E-state index is 0.0656. The summed E-state index contributed by atoms with van der Waals surface area (Å²) in [4.78, 5) is 16.1. The molecule has 2 saturated heterocycles. The molecule has 2 fully saturated rings. The van der Waals surface area contributed by atoms with E-state index in [1.54, 1.807) is 0 Å². The third-order valence-electron chi connectivity index (χ3n) is 3.24. The van der Waals surface area contributed by atoms with Crippen molar-refractivity contribution in [3.05, 3.63) is 0 Å². The number of rotatable bonds is 4. The Bertz CT molecular complexity index is 244. The van der Waals surface area contributed by atoms with Crippen molar-refractivity contribution in [1.82, 2.24) is 9.80 Å². The molecule has 0 bridgehead atoms. The second kappa shape index (κ2) is 5.98. The van der Waals surface area contributed by atoms with Crippen LogP contribution in [0, 0.1) is 0 Å². The Morgan fingerprint density at radius 1 is 1.25 bits per heavy atom. The fourth-order valence-electron chi connectivity index (χ4n) is 2.23. The van der Waals surface area contributed by atoms with Crippen molar-refractivity contribution in [2.45, 2.75) is 17.7 Å². The first kappa shape index (κ1) is 12.3. The molecular formula is C11H19BrN2O2. The molecule has 2 aliphatic heterocycles. The van der Waals surface area contributed by atoms with Gasteiger partial charge in [-0.15, -0.1) is 0 Å².